The van der Waals surface area contributed by atoms with E-state index in [1.165, 1.54) is 0 Å². The van der Waals surface area contributed by atoms with Crippen LogP contribution < -0.4 is 14.8 Å². The number of aromatic nitrogens is 4. The largest absolute Gasteiger partial charge is 0.490 e. The molecule has 0 radical (unpaired) electrons. The van der Waals surface area contributed by atoms with Crippen molar-refractivity contribution in [2.24, 2.45) is 0 Å². The Balaban J connectivity index is 2.18. The lowest BCUT2D eigenvalue weighted by atomic mass is 10.2. The molecular weight excluding hydrogens is 330 g/mol. The van der Waals surface area contributed by atoms with Gasteiger partial charge in [-0.3, -0.25) is 0 Å². The Morgan fingerprint density at radius 1 is 1.42 bits per heavy atom. The molecule has 130 valence electrons. The number of halogens is 1. The maximum atomic E-state index is 6.36. The lowest BCUT2D eigenvalue weighted by Crippen LogP contribution is -2.10. The van der Waals surface area contributed by atoms with Crippen LogP contribution in [0.2, 0.25) is 5.02 Å². The molecule has 0 aliphatic carbocycles. The van der Waals surface area contributed by atoms with Gasteiger partial charge >= 0.3 is 0 Å². The molecule has 2 aromatic rings. The maximum absolute atomic E-state index is 6.36. The minimum Gasteiger partial charge on any atom is -0.490 e. The SMILES string of the molecule is C=CCn1nnnc1NCc1cc(Cl)c(OC(C)C)c(OCC)c1. The monoisotopic (exact) mass is 351 g/mol. The molecule has 0 saturated heterocycles. The fraction of sp³-hybridized carbons (Fsp3) is 0.438. The van der Waals surface area contributed by atoms with Crippen LogP contribution in [-0.2, 0) is 13.1 Å². The molecule has 0 unspecified atom stereocenters. The zero-order valence-electron chi connectivity index (χ0n) is 14.1. The van der Waals surface area contributed by atoms with E-state index in [0.717, 1.165) is 5.56 Å². The highest BCUT2D eigenvalue weighted by atomic mass is 35.5. The van der Waals surface area contributed by atoms with E-state index < -0.39 is 0 Å². The van der Waals surface area contributed by atoms with Crippen molar-refractivity contribution < 1.29 is 9.47 Å². The zero-order valence-corrected chi connectivity index (χ0v) is 14.9. The van der Waals surface area contributed by atoms with Gasteiger partial charge in [-0.2, -0.15) is 0 Å². The Morgan fingerprint density at radius 3 is 2.88 bits per heavy atom. The summed E-state index contributed by atoms with van der Waals surface area (Å²) in [6.07, 6.45) is 1.73. The number of allylic oxidation sites excluding steroid dienone is 1. The number of benzene rings is 1. The summed E-state index contributed by atoms with van der Waals surface area (Å²) in [6.45, 7) is 11.0. The van der Waals surface area contributed by atoms with Gasteiger partial charge in [-0.1, -0.05) is 22.8 Å². The van der Waals surface area contributed by atoms with Crippen LogP contribution in [0.1, 0.15) is 26.3 Å². The quantitative estimate of drug-likeness (QED) is 0.699. The van der Waals surface area contributed by atoms with Crippen molar-refractivity contribution in [2.75, 3.05) is 11.9 Å². The van der Waals surface area contributed by atoms with Crippen LogP contribution in [0, 0.1) is 0 Å². The average Bonchev–Trinajstić information content (AvgIpc) is 2.96. The Morgan fingerprint density at radius 2 is 2.21 bits per heavy atom. The van der Waals surface area contributed by atoms with Gasteiger partial charge in [0, 0.05) is 6.54 Å². The first kappa shape index (κ1) is 18.1. The fourth-order valence-electron chi connectivity index (χ4n) is 2.09. The highest BCUT2D eigenvalue weighted by Gasteiger charge is 2.14. The van der Waals surface area contributed by atoms with Crippen LogP contribution in [-0.4, -0.2) is 32.9 Å². The molecule has 2 rings (SSSR count). The number of nitrogens with zero attached hydrogens (tertiary/aromatic N) is 4. The number of ether oxygens (including phenoxy) is 2. The second-order valence-electron chi connectivity index (χ2n) is 5.33. The summed E-state index contributed by atoms with van der Waals surface area (Å²) >= 11 is 6.36. The van der Waals surface area contributed by atoms with Crippen molar-refractivity contribution in [3.8, 4) is 11.5 Å². The van der Waals surface area contributed by atoms with Crippen LogP contribution in [0.5, 0.6) is 11.5 Å². The molecule has 1 aromatic carbocycles. The van der Waals surface area contributed by atoms with E-state index >= 15 is 0 Å². The minimum atomic E-state index is 0.00853. The summed E-state index contributed by atoms with van der Waals surface area (Å²) < 4.78 is 13.0. The van der Waals surface area contributed by atoms with Gasteiger partial charge in [0.2, 0.25) is 5.95 Å². The molecule has 0 aliphatic rings. The number of anilines is 1. The number of hydrogen-bond acceptors (Lipinski definition) is 6. The molecule has 0 spiro atoms. The molecule has 0 atom stereocenters. The predicted octanol–water partition coefficient (Wildman–Crippen LogP) is 3.31. The van der Waals surface area contributed by atoms with E-state index in [1.54, 1.807) is 10.8 Å². The summed E-state index contributed by atoms with van der Waals surface area (Å²) in [6, 6.07) is 3.75. The van der Waals surface area contributed by atoms with Gasteiger partial charge in [0.25, 0.3) is 0 Å². The van der Waals surface area contributed by atoms with Crippen molar-refractivity contribution in [3.05, 3.63) is 35.4 Å². The second kappa shape index (κ2) is 8.54. The molecule has 0 bridgehead atoms. The third-order valence-electron chi connectivity index (χ3n) is 3.01. The number of nitrogens with one attached hydrogen (secondary N) is 1. The zero-order chi connectivity index (χ0) is 17.5. The molecule has 0 fully saturated rings. The lowest BCUT2D eigenvalue weighted by Gasteiger charge is -2.17. The number of rotatable bonds is 9. The summed E-state index contributed by atoms with van der Waals surface area (Å²) in [5.41, 5.74) is 0.938. The van der Waals surface area contributed by atoms with Crippen molar-refractivity contribution in [1.29, 1.82) is 0 Å². The third kappa shape index (κ3) is 4.61. The number of hydrogen-bond donors (Lipinski definition) is 1. The molecule has 1 heterocycles. The second-order valence-corrected chi connectivity index (χ2v) is 5.74. The van der Waals surface area contributed by atoms with Crippen LogP contribution in [0.25, 0.3) is 0 Å². The van der Waals surface area contributed by atoms with Crippen molar-refractivity contribution in [1.82, 2.24) is 20.2 Å². The normalized spacial score (nSPS) is 10.7. The maximum Gasteiger partial charge on any atom is 0.243 e. The van der Waals surface area contributed by atoms with Gasteiger partial charge in [0.1, 0.15) is 0 Å². The lowest BCUT2D eigenvalue weighted by molar-refractivity contribution is 0.224. The van der Waals surface area contributed by atoms with Crippen molar-refractivity contribution >= 4 is 17.5 Å². The highest BCUT2D eigenvalue weighted by molar-refractivity contribution is 6.32. The van der Waals surface area contributed by atoms with Gasteiger partial charge in [0.15, 0.2) is 11.5 Å². The molecule has 0 saturated carbocycles. The molecule has 1 N–H and O–H groups in total. The van der Waals surface area contributed by atoms with Gasteiger partial charge in [-0.05, 0) is 48.9 Å². The first-order chi connectivity index (χ1) is 11.5. The van der Waals surface area contributed by atoms with Crippen LogP contribution in [0.15, 0.2) is 24.8 Å². The van der Waals surface area contributed by atoms with E-state index in [9.17, 15) is 0 Å². The van der Waals surface area contributed by atoms with Gasteiger partial charge < -0.3 is 14.8 Å². The van der Waals surface area contributed by atoms with E-state index in [1.807, 2.05) is 32.9 Å². The Hall–Kier alpha value is -2.28. The summed E-state index contributed by atoms with van der Waals surface area (Å²) in [5, 5.41) is 15.2. The van der Waals surface area contributed by atoms with Crippen LogP contribution in [0.3, 0.4) is 0 Å². The molecular formula is C16H22ClN5O2. The topological polar surface area (TPSA) is 74.1 Å². The number of tetrazole rings is 1. The van der Waals surface area contributed by atoms with E-state index in [-0.39, 0.29) is 6.10 Å². The summed E-state index contributed by atoms with van der Waals surface area (Å²) in [5.74, 6) is 1.75. The fourth-order valence-corrected chi connectivity index (χ4v) is 2.37. The molecule has 7 nitrogen and oxygen atoms in total. The smallest absolute Gasteiger partial charge is 0.243 e. The standard InChI is InChI=1S/C16H22ClN5O2/c1-5-7-22-16(19-20-21-22)18-10-12-8-13(17)15(24-11(3)4)14(9-12)23-6-2/h5,8-9,11H,1,6-7,10H2,2-4H3,(H,18,19,21). The van der Waals surface area contributed by atoms with E-state index in [4.69, 9.17) is 21.1 Å². The van der Waals surface area contributed by atoms with Gasteiger partial charge in [-0.25, -0.2) is 4.68 Å². The third-order valence-corrected chi connectivity index (χ3v) is 3.29. The minimum absolute atomic E-state index is 0.00853. The first-order valence-corrected chi connectivity index (χ1v) is 8.15. The molecule has 0 amide bonds. The van der Waals surface area contributed by atoms with E-state index in [0.29, 0.717) is 42.2 Å². The first-order valence-electron chi connectivity index (χ1n) is 7.78. The van der Waals surface area contributed by atoms with Crippen molar-refractivity contribution in [3.63, 3.8) is 0 Å². The van der Waals surface area contributed by atoms with Gasteiger partial charge in [-0.15, -0.1) is 6.58 Å². The molecule has 24 heavy (non-hydrogen) atoms. The van der Waals surface area contributed by atoms with Gasteiger partial charge in [0.05, 0.1) is 24.3 Å². The molecule has 1 aromatic heterocycles. The Labute approximate surface area is 146 Å². The Bertz CT molecular complexity index is 687. The van der Waals surface area contributed by atoms with E-state index in [2.05, 4.69) is 27.4 Å². The van der Waals surface area contributed by atoms with Crippen LogP contribution >= 0.6 is 11.6 Å². The molecule has 0 aliphatic heterocycles. The highest BCUT2D eigenvalue weighted by Crippen LogP contribution is 2.37. The predicted molar refractivity (Wildman–Crippen MR) is 93.7 cm³/mol. The summed E-state index contributed by atoms with van der Waals surface area (Å²) in [7, 11) is 0. The van der Waals surface area contributed by atoms with Crippen LogP contribution in [0.4, 0.5) is 5.95 Å². The summed E-state index contributed by atoms with van der Waals surface area (Å²) in [4.78, 5) is 0. The van der Waals surface area contributed by atoms with Crippen molar-refractivity contribution in [2.45, 2.75) is 40.0 Å². The molecule has 8 heteroatoms. The Kier molecular flexibility index (Phi) is 6.43. The average molecular weight is 352 g/mol.